The highest BCUT2D eigenvalue weighted by molar-refractivity contribution is 5.68. The van der Waals surface area contributed by atoms with Crippen LogP contribution in [0.1, 0.15) is 59.3 Å². The SMILES string of the molecule is CCCCCCCC=CC(OC(C)=O)OC(C)=O. The van der Waals surface area contributed by atoms with Gasteiger partial charge in [-0.3, -0.25) is 9.59 Å². The molecule has 0 saturated heterocycles. The van der Waals surface area contributed by atoms with E-state index in [1.807, 2.05) is 6.08 Å². The van der Waals surface area contributed by atoms with Crippen molar-refractivity contribution in [3.8, 4) is 0 Å². The highest BCUT2D eigenvalue weighted by Crippen LogP contribution is 2.06. The van der Waals surface area contributed by atoms with E-state index in [4.69, 9.17) is 9.47 Å². The summed E-state index contributed by atoms with van der Waals surface area (Å²) in [4.78, 5) is 21.6. The van der Waals surface area contributed by atoms with E-state index in [0.29, 0.717) is 0 Å². The summed E-state index contributed by atoms with van der Waals surface area (Å²) < 4.78 is 9.67. The second-order valence-corrected chi connectivity index (χ2v) is 4.22. The highest BCUT2D eigenvalue weighted by Gasteiger charge is 2.10. The molecule has 0 saturated carbocycles. The van der Waals surface area contributed by atoms with Crippen LogP contribution < -0.4 is 0 Å². The minimum absolute atomic E-state index is 0.464. The topological polar surface area (TPSA) is 52.6 Å². The van der Waals surface area contributed by atoms with Crippen molar-refractivity contribution in [2.75, 3.05) is 0 Å². The van der Waals surface area contributed by atoms with Crippen LogP contribution in [-0.2, 0) is 19.1 Å². The Labute approximate surface area is 109 Å². The van der Waals surface area contributed by atoms with Gasteiger partial charge in [0.15, 0.2) is 0 Å². The van der Waals surface area contributed by atoms with Gasteiger partial charge >= 0.3 is 11.9 Å². The van der Waals surface area contributed by atoms with Crippen molar-refractivity contribution >= 4 is 11.9 Å². The number of carbonyl (C=O) groups is 2. The average Bonchev–Trinajstić information content (AvgIpc) is 2.26. The van der Waals surface area contributed by atoms with Crippen LogP contribution >= 0.6 is 0 Å². The molecule has 0 aromatic rings. The number of rotatable bonds is 9. The molecule has 0 spiro atoms. The predicted molar refractivity (Wildman–Crippen MR) is 69.8 cm³/mol. The quantitative estimate of drug-likeness (QED) is 0.275. The minimum atomic E-state index is -0.893. The Kier molecular flexibility index (Phi) is 10.0. The van der Waals surface area contributed by atoms with Crippen molar-refractivity contribution in [3.63, 3.8) is 0 Å². The third-order valence-electron chi connectivity index (χ3n) is 2.33. The molecule has 104 valence electrons. The molecule has 4 nitrogen and oxygen atoms in total. The third kappa shape index (κ3) is 11.2. The van der Waals surface area contributed by atoms with E-state index in [1.165, 1.54) is 39.5 Å². The first-order valence-corrected chi connectivity index (χ1v) is 6.57. The van der Waals surface area contributed by atoms with Gasteiger partial charge in [-0.1, -0.05) is 38.7 Å². The lowest BCUT2D eigenvalue weighted by Gasteiger charge is -2.12. The normalized spacial score (nSPS) is 10.9. The van der Waals surface area contributed by atoms with Crippen molar-refractivity contribution in [1.82, 2.24) is 0 Å². The van der Waals surface area contributed by atoms with Crippen molar-refractivity contribution in [3.05, 3.63) is 12.2 Å². The minimum Gasteiger partial charge on any atom is -0.421 e. The summed E-state index contributed by atoms with van der Waals surface area (Å²) in [6.07, 6.45) is 9.57. The van der Waals surface area contributed by atoms with Gasteiger partial charge in [-0.05, 0) is 18.9 Å². The summed E-state index contributed by atoms with van der Waals surface area (Å²) in [5.74, 6) is -0.928. The van der Waals surface area contributed by atoms with Crippen molar-refractivity contribution < 1.29 is 19.1 Å². The van der Waals surface area contributed by atoms with Crippen LogP contribution in [0.15, 0.2) is 12.2 Å². The Bertz CT molecular complexity index is 255. The fourth-order valence-corrected chi connectivity index (χ4v) is 1.50. The van der Waals surface area contributed by atoms with Crippen LogP contribution in [0.5, 0.6) is 0 Å². The van der Waals surface area contributed by atoms with Gasteiger partial charge in [-0.25, -0.2) is 0 Å². The summed E-state index contributed by atoms with van der Waals surface area (Å²) in [7, 11) is 0. The van der Waals surface area contributed by atoms with E-state index in [2.05, 4.69) is 6.92 Å². The van der Waals surface area contributed by atoms with Crippen LogP contribution in [-0.4, -0.2) is 18.2 Å². The van der Waals surface area contributed by atoms with Gasteiger partial charge in [0.25, 0.3) is 6.29 Å². The number of esters is 2. The predicted octanol–water partition coefficient (Wildman–Crippen LogP) is 3.36. The van der Waals surface area contributed by atoms with Gasteiger partial charge in [0.05, 0.1) is 0 Å². The van der Waals surface area contributed by atoms with Crippen LogP contribution in [0.2, 0.25) is 0 Å². The molecular weight excluding hydrogens is 232 g/mol. The van der Waals surface area contributed by atoms with Crippen LogP contribution in [0.4, 0.5) is 0 Å². The van der Waals surface area contributed by atoms with Gasteiger partial charge in [0.2, 0.25) is 0 Å². The summed E-state index contributed by atoms with van der Waals surface area (Å²) in [5.41, 5.74) is 0. The Morgan fingerprint density at radius 3 is 2.06 bits per heavy atom. The lowest BCUT2D eigenvalue weighted by molar-refractivity contribution is -0.176. The molecular formula is C14H24O4. The largest absolute Gasteiger partial charge is 0.421 e. The van der Waals surface area contributed by atoms with Gasteiger partial charge in [0.1, 0.15) is 0 Å². The van der Waals surface area contributed by atoms with Gasteiger partial charge in [0, 0.05) is 13.8 Å². The average molecular weight is 256 g/mol. The number of allylic oxidation sites excluding steroid dienone is 1. The maximum Gasteiger partial charge on any atom is 0.305 e. The number of unbranched alkanes of at least 4 members (excludes halogenated alkanes) is 5. The number of ether oxygens (including phenoxy) is 2. The number of hydrogen-bond acceptors (Lipinski definition) is 4. The van der Waals surface area contributed by atoms with Crippen molar-refractivity contribution in [2.24, 2.45) is 0 Å². The Morgan fingerprint density at radius 1 is 1.00 bits per heavy atom. The fraction of sp³-hybridized carbons (Fsp3) is 0.714. The number of hydrogen-bond donors (Lipinski definition) is 0. The van der Waals surface area contributed by atoms with Crippen molar-refractivity contribution in [2.45, 2.75) is 65.6 Å². The molecule has 0 bridgehead atoms. The molecule has 0 heterocycles. The zero-order valence-corrected chi connectivity index (χ0v) is 11.6. The molecule has 0 amide bonds. The highest BCUT2D eigenvalue weighted by atomic mass is 16.7. The standard InChI is InChI=1S/C14H24O4/c1-4-5-6-7-8-9-10-11-14(17-12(2)15)18-13(3)16/h10-11,14H,4-9H2,1-3H3. The van der Waals surface area contributed by atoms with Crippen molar-refractivity contribution in [1.29, 1.82) is 0 Å². The summed E-state index contributed by atoms with van der Waals surface area (Å²) in [5, 5.41) is 0. The fourth-order valence-electron chi connectivity index (χ4n) is 1.50. The maximum absolute atomic E-state index is 10.8. The first-order chi connectivity index (χ1) is 8.56. The van der Waals surface area contributed by atoms with E-state index in [1.54, 1.807) is 6.08 Å². The molecule has 0 radical (unpaired) electrons. The van der Waals surface area contributed by atoms with Gasteiger partial charge < -0.3 is 9.47 Å². The van der Waals surface area contributed by atoms with Gasteiger partial charge in [-0.15, -0.1) is 0 Å². The maximum atomic E-state index is 10.8. The molecule has 0 aliphatic rings. The Balaban J connectivity index is 3.84. The Morgan fingerprint density at radius 2 is 1.56 bits per heavy atom. The molecule has 0 aromatic carbocycles. The summed E-state index contributed by atoms with van der Waals surface area (Å²) in [6.45, 7) is 4.76. The molecule has 0 N–H and O–H groups in total. The molecule has 0 atom stereocenters. The molecule has 0 aromatic heterocycles. The molecule has 0 aliphatic carbocycles. The lowest BCUT2D eigenvalue weighted by Crippen LogP contribution is -2.20. The number of carbonyl (C=O) groups excluding carboxylic acids is 2. The second kappa shape index (κ2) is 10.8. The molecule has 0 fully saturated rings. The van der Waals surface area contributed by atoms with E-state index < -0.39 is 18.2 Å². The van der Waals surface area contributed by atoms with Crippen LogP contribution in [0.3, 0.4) is 0 Å². The molecule has 0 unspecified atom stereocenters. The summed E-state index contributed by atoms with van der Waals surface area (Å²) >= 11 is 0. The molecule has 18 heavy (non-hydrogen) atoms. The summed E-state index contributed by atoms with van der Waals surface area (Å²) in [6, 6.07) is 0. The van der Waals surface area contributed by atoms with Crippen LogP contribution in [0, 0.1) is 0 Å². The van der Waals surface area contributed by atoms with Crippen LogP contribution in [0.25, 0.3) is 0 Å². The third-order valence-corrected chi connectivity index (χ3v) is 2.33. The molecule has 0 aliphatic heterocycles. The Hall–Kier alpha value is -1.32. The van der Waals surface area contributed by atoms with E-state index >= 15 is 0 Å². The first kappa shape index (κ1) is 16.7. The lowest BCUT2D eigenvalue weighted by atomic mass is 10.1. The molecule has 4 heteroatoms. The van der Waals surface area contributed by atoms with Gasteiger partial charge in [-0.2, -0.15) is 0 Å². The second-order valence-electron chi connectivity index (χ2n) is 4.22. The smallest absolute Gasteiger partial charge is 0.305 e. The zero-order chi connectivity index (χ0) is 13.8. The monoisotopic (exact) mass is 256 g/mol. The van der Waals surface area contributed by atoms with E-state index in [0.717, 1.165) is 12.8 Å². The van der Waals surface area contributed by atoms with E-state index in [-0.39, 0.29) is 0 Å². The first-order valence-electron chi connectivity index (χ1n) is 6.57. The zero-order valence-electron chi connectivity index (χ0n) is 11.6. The van der Waals surface area contributed by atoms with E-state index in [9.17, 15) is 9.59 Å². The molecule has 0 rings (SSSR count).